The molecule has 0 bridgehead atoms. The van der Waals surface area contributed by atoms with Gasteiger partial charge >= 0.3 is 0 Å². The maximum Gasteiger partial charge on any atom is 0.126 e. The summed E-state index contributed by atoms with van der Waals surface area (Å²) >= 11 is 0. The van der Waals surface area contributed by atoms with Gasteiger partial charge < -0.3 is 10.4 Å². The summed E-state index contributed by atoms with van der Waals surface area (Å²) in [4.78, 5) is 0. The molecular formula is C14H17F2N3O. The molecule has 0 aliphatic carbocycles. The van der Waals surface area contributed by atoms with E-state index in [-0.39, 0.29) is 6.61 Å². The summed E-state index contributed by atoms with van der Waals surface area (Å²) in [5.41, 5.74) is 1.63. The molecule has 0 radical (unpaired) electrons. The molecular weight excluding hydrogens is 264 g/mol. The van der Waals surface area contributed by atoms with Crippen LogP contribution < -0.4 is 5.32 Å². The van der Waals surface area contributed by atoms with Crippen molar-refractivity contribution in [3.8, 4) is 0 Å². The summed E-state index contributed by atoms with van der Waals surface area (Å²) < 4.78 is 27.6. The van der Waals surface area contributed by atoms with Crippen molar-refractivity contribution in [3.05, 3.63) is 53.4 Å². The van der Waals surface area contributed by atoms with Gasteiger partial charge in [-0.15, -0.1) is 0 Å². The van der Waals surface area contributed by atoms with Crippen molar-refractivity contribution in [2.45, 2.75) is 19.5 Å². The molecule has 0 amide bonds. The molecule has 4 nitrogen and oxygen atoms in total. The highest BCUT2D eigenvalue weighted by molar-refractivity contribution is 5.18. The number of nitrogens with zero attached hydrogens (tertiary/aromatic N) is 2. The molecule has 108 valence electrons. The Morgan fingerprint density at radius 2 is 1.90 bits per heavy atom. The maximum absolute atomic E-state index is 13.0. The lowest BCUT2D eigenvalue weighted by Gasteiger charge is -2.04. The third-order valence-corrected chi connectivity index (χ3v) is 2.86. The Bertz CT molecular complexity index is 537. The number of rotatable bonds is 7. The summed E-state index contributed by atoms with van der Waals surface area (Å²) in [6.07, 6.45) is 4.13. The van der Waals surface area contributed by atoms with Crippen molar-refractivity contribution in [1.29, 1.82) is 0 Å². The Kier molecular flexibility index (Phi) is 5.20. The van der Waals surface area contributed by atoms with Crippen molar-refractivity contribution in [2.24, 2.45) is 0 Å². The third kappa shape index (κ3) is 4.40. The van der Waals surface area contributed by atoms with Crippen LogP contribution in [0.1, 0.15) is 11.1 Å². The fourth-order valence-electron chi connectivity index (χ4n) is 1.94. The lowest BCUT2D eigenvalue weighted by Crippen LogP contribution is -2.16. The quantitative estimate of drug-likeness (QED) is 0.756. The minimum Gasteiger partial charge on any atom is -0.394 e. The van der Waals surface area contributed by atoms with Gasteiger partial charge in [0.2, 0.25) is 0 Å². The van der Waals surface area contributed by atoms with Gasteiger partial charge in [0.25, 0.3) is 0 Å². The molecule has 0 atom stereocenters. The van der Waals surface area contributed by atoms with Crippen LogP contribution in [0.25, 0.3) is 0 Å². The topological polar surface area (TPSA) is 50.1 Å². The van der Waals surface area contributed by atoms with Crippen LogP contribution in [0.4, 0.5) is 8.78 Å². The Balaban J connectivity index is 1.75. The molecule has 1 heterocycles. The van der Waals surface area contributed by atoms with Crippen molar-refractivity contribution >= 4 is 0 Å². The normalized spacial score (nSPS) is 10.9. The molecule has 2 N–H and O–H groups in total. The number of aromatic nitrogens is 2. The first-order valence-electron chi connectivity index (χ1n) is 6.45. The van der Waals surface area contributed by atoms with Crippen LogP contribution in [-0.4, -0.2) is 28.0 Å². The van der Waals surface area contributed by atoms with Crippen LogP contribution in [0.5, 0.6) is 0 Å². The predicted molar refractivity (Wildman–Crippen MR) is 71.1 cm³/mol. The van der Waals surface area contributed by atoms with Crippen LogP contribution in [0.2, 0.25) is 0 Å². The van der Waals surface area contributed by atoms with Gasteiger partial charge in [0.1, 0.15) is 11.6 Å². The number of aliphatic hydroxyl groups excluding tert-OH is 1. The Morgan fingerprint density at radius 3 is 2.60 bits per heavy atom. The van der Waals surface area contributed by atoms with E-state index < -0.39 is 11.6 Å². The van der Waals surface area contributed by atoms with Gasteiger partial charge in [0.15, 0.2) is 0 Å². The lowest BCUT2D eigenvalue weighted by atomic mass is 10.1. The van der Waals surface area contributed by atoms with Crippen LogP contribution in [0.15, 0.2) is 30.6 Å². The molecule has 2 rings (SSSR count). The molecule has 0 aliphatic heterocycles. The highest BCUT2D eigenvalue weighted by Crippen LogP contribution is 2.08. The highest BCUT2D eigenvalue weighted by Gasteiger charge is 2.01. The Labute approximate surface area is 116 Å². The average molecular weight is 281 g/mol. The van der Waals surface area contributed by atoms with E-state index in [1.807, 2.05) is 6.20 Å². The zero-order valence-electron chi connectivity index (χ0n) is 11.0. The van der Waals surface area contributed by atoms with E-state index in [1.54, 1.807) is 10.9 Å². The molecule has 20 heavy (non-hydrogen) atoms. The van der Waals surface area contributed by atoms with Crippen molar-refractivity contribution in [2.75, 3.05) is 13.2 Å². The third-order valence-electron chi connectivity index (χ3n) is 2.86. The molecule has 0 saturated heterocycles. The van der Waals surface area contributed by atoms with Crippen molar-refractivity contribution in [1.82, 2.24) is 15.1 Å². The van der Waals surface area contributed by atoms with Gasteiger partial charge in [-0.2, -0.15) is 5.10 Å². The van der Waals surface area contributed by atoms with Crippen LogP contribution in [-0.2, 0) is 19.5 Å². The summed E-state index contributed by atoms with van der Waals surface area (Å²) in [6.45, 7) is 1.78. The van der Waals surface area contributed by atoms with E-state index in [1.165, 1.54) is 12.1 Å². The molecule has 2 aromatic rings. The SMILES string of the molecule is OCCn1cc(CNCCc2cc(F)cc(F)c2)cn1. The van der Waals surface area contributed by atoms with Gasteiger partial charge in [0.05, 0.1) is 19.3 Å². The average Bonchev–Trinajstić information content (AvgIpc) is 2.82. The standard InChI is InChI=1S/C14H17F2N3O/c15-13-5-11(6-14(16)7-13)1-2-17-8-12-9-18-19(10-12)3-4-20/h5-7,9-10,17,20H,1-4,8H2. The fourth-order valence-corrected chi connectivity index (χ4v) is 1.94. The van der Waals surface area contributed by atoms with Gasteiger partial charge in [-0.05, 0) is 30.7 Å². The Hall–Kier alpha value is -1.79. The van der Waals surface area contributed by atoms with Gasteiger partial charge in [-0.25, -0.2) is 8.78 Å². The minimum atomic E-state index is -0.551. The number of hydrogen-bond donors (Lipinski definition) is 2. The predicted octanol–water partition coefficient (Wildman–Crippen LogP) is 1.49. The second-order valence-electron chi connectivity index (χ2n) is 4.54. The molecule has 1 aromatic carbocycles. The second-order valence-corrected chi connectivity index (χ2v) is 4.54. The van der Waals surface area contributed by atoms with E-state index in [9.17, 15) is 8.78 Å². The van der Waals surface area contributed by atoms with Crippen LogP contribution >= 0.6 is 0 Å². The summed E-state index contributed by atoms with van der Waals surface area (Å²) in [6, 6.07) is 3.54. The van der Waals surface area contributed by atoms with Gasteiger partial charge in [0, 0.05) is 24.4 Å². The minimum absolute atomic E-state index is 0.0552. The maximum atomic E-state index is 13.0. The van der Waals surface area contributed by atoms with E-state index in [2.05, 4.69) is 10.4 Å². The zero-order valence-corrected chi connectivity index (χ0v) is 11.0. The molecule has 0 unspecified atom stereocenters. The molecule has 0 saturated carbocycles. The summed E-state index contributed by atoms with van der Waals surface area (Å²) in [7, 11) is 0. The first kappa shape index (κ1) is 14.6. The number of benzene rings is 1. The van der Waals surface area contributed by atoms with Crippen molar-refractivity contribution in [3.63, 3.8) is 0 Å². The lowest BCUT2D eigenvalue weighted by molar-refractivity contribution is 0.269. The monoisotopic (exact) mass is 281 g/mol. The van der Waals surface area contributed by atoms with E-state index in [4.69, 9.17) is 5.11 Å². The molecule has 0 aliphatic rings. The number of halogens is 2. The van der Waals surface area contributed by atoms with Crippen molar-refractivity contribution < 1.29 is 13.9 Å². The van der Waals surface area contributed by atoms with Crippen LogP contribution in [0.3, 0.4) is 0 Å². The Morgan fingerprint density at radius 1 is 1.15 bits per heavy atom. The number of nitrogens with one attached hydrogen (secondary N) is 1. The van der Waals surface area contributed by atoms with E-state index in [0.29, 0.717) is 31.6 Å². The molecule has 0 spiro atoms. The zero-order chi connectivity index (χ0) is 14.4. The largest absolute Gasteiger partial charge is 0.394 e. The second kappa shape index (κ2) is 7.12. The van der Waals surface area contributed by atoms with Crippen LogP contribution in [0, 0.1) is 11.6 Å². The number of hydrogen-bond acceptors (Lipinski definition) is 3. The number of aliphatic hydroxyl groups is 1. The summed E-state index contributed by atoms with van der Waals surface area (Å²) in [5.74, 6) is -1.10. The highest BCUT2D eigenvalue weighted by atomic mass is 19.1. The molecule has 1 aromatic heterocycles. The van der Waals surface area contributed by atoms with E-state index in [0.717, 1.165) is 11.6 Å². The molecule has 6 heteroatoms. The molecule has 0 fully saturated rings. The van der Waals surface area contributed by atoms with Gasteiger partial charge in [-0.1, -0.05) is 0 Å². The fraction of sp³-hybridized carbons (Fsp3) is 0.357. The summed E-state index contributed by atoms with van der Waals surface area (Å²) in [5, 5.41) is 16.0. The first-order valence-corrected chi connectivity index (χ1v) is 6.45. The first-order chi connectivity index (χ1) is 9.67. The van der Waals surface area contributed by atoms with E-state index >= 15 is 0 Å². The van der Waals surface area contributed by atoms with Gasteiger partial charge in [-0.3, -0.25) is 4.68 Å². The smallest absolute Gasteiger partial charge is 0.126 e.